The van der Waals surface area contributed by atoms with E-state index >= 15 is 0 Å². The molecular formula is C17H15NO2. The van der Waals surface area contributed by atoms with E-state index in [4.69, 9.17) is 4.74 Å². The van der Waals surface area contributed by atoms with Gasteiger partial charge in [0.15, 0.2) is 0 Å². The van der Waals surface area contributed by atoms with Gasteiger partial charge in [-0.1, -0.05) is 12.1 Å². The monoisotopic (exact) mass is 265 g/mol. The van der Waals surface area contributed by atoms with Crippen molar-refractivity contribution >= 4 is 22.1 Å². The van der Waals surface area contributed by atoms with Crippen molar-refractivity contribution in [2.75, 3.05) is 12.4 Å². The summed E-state index contributed by atoms with van der Waals surface area (Å²) in [6, 6.07) is 19.2. The van der Waals surface area contributed by atoms with E-state index in [-0.39, 0.29) is 5.75 Å². The van der Waals surface area contributed by atoms with Gasteiger partial charge in [0.2, 0.25) is 0 Å². The van der Waals surface area contributed by atoms with Crippen molar-refractivity contribution in [3.8, 4) is 11.5 Å². The second-order valence-electron chi connectivity index (χ2n) is 4.60. The number of fused-ring (bicyclic) bond motifs is 1. The van der Waals surface area contributed by atoms with Gasteiger partial charge in [-0.05, 0) is 59.3 Å². The molecule has 0 aliphatic rings. The fourth-order valence-corrected chi connectivity index (χ4v) is 2.14. The normalized spacial score (nSPS) is 10.4. The van der Waals surface area contributed by atoms with Gasteiger partial charge in [0.25, 0.3) is 0 Å². The minimum atomic E-state index is 0.265. The molecule has 0 saturated heterocycles. The van der Waals surface area contributed by atoms with Crippen LogP contribution in [0.2, 0.25) is 0 Å². The quantitative estimate of drug-likeness (QED) is 0.694. The van der Waals surface area contributed by atoms with Gasteiger partial charge >= 0.3 is 0 Å². The first-order chi connectivity index (χ1) is 9.74. The molecule has 0 bridgehead atoms. The summed E-state index contributed by atoms with van der Waals surface area (Å²) in [4.78, 5) is 0. The van der Waals surface area contributed by atoms with Crippen LogP contribution >= 0.6 is 0 Å². The van der Waals surface area contributed by atoms with Crippen LogP contribution in [-0.4, -0.2) is 12.2 Å². The maximum atomic E-state index is 9.27. The minimum absolute atomic E-state index is 0.265. The molecule has 3 heteroatoms. The lowest BCUT2D eigenvalue weighted by Gasteiger charge is -2.08. The maximum Gasteiger partial charge on any atom is 0.119 e. The Morgan fingerprint density at radius 2 is 1.45 bits per heavy atom. The van der Waals surface area contributed by atoms with Crippen LogP contribution in [-0.2, 0) is 0 Å². The van der Waals surface area contributed by atoms with Gasteiger partial charge in [0, 0.05) is 11.4 Å². The van der Waals surface area contributed by atoms with Crippen molar-refractivity contribution in [2.45, 2.75) is 0 Å². The van der Waals surface area contributed by atoms with Gasteiger partial charge in [0.1, 0.15) is 11.5 Å². The lowest BCUT2D eigenvalue weighted by molar-refractivity contribution is 0.415. The number of anilines is 2. The summed E-state index contributed by atoms with van der Waals surface area (Å²) in [6.07, 6.45) is 0. The molecular weight excluding hydrogens is 250 g/mol. The van der Waals surface area contributed by atoms with Crippen LogP contribution in [0.25, 0.3) is 10.8 Å². The molecule has 0 heterocycles. The number of ether oxygens (including phenoxy) is 1. The van der Waals surface area contributed by atoms with E-state index in [9.17, 15) is 5.11 Å². The lowest BCUT2D eigenvalue weighted by atomic mass is 10.1. The number of aromatic hydroxyl groups is 1. The molecule has 20 heavy (non-hydrogen) atoms. The van der Waals surface area contributed by atoms with Crippen LogP contribution in [0.1, 0.15) is 0 Å². The van der Waals surface area contributed by atoms with Crippen LogP contribution in [0.5, 0.6) is 11.5 Å². The van der Waals surface area contributed by atoms with Gasteiger partial charge in [-0.15, -0.1) is 0 Å². The maximum absolute atomic E-state index is 9.27. The van der Waals surface area contributed by atoms with Crippen molar-refractivity contribution in [2.24, 2.45) is 0 Å². The van der Waals surface area contributed by atoms with Gasteiger partial charge < -0.3 is 15.2 Å². The Hall–Kier alpha value is -2.68. The Kier molecular flexibility index (Phi) is 3.17. The van der Waals surface area contributed by atoms with E-state index in [1.54, 1.807) is 19.2 Å². The number of hydrogen-bond donors (Lipinski definition) is 2. The Morgan fingerprint density at radius 3 is 2.20 bits per heavy atom. The van der Waals surface area contributed by atoms with Crippen molar-refractivity contribution in [1.82, 2.24) is 0 Å². The standard InChI is InChI=1S/C17H15NO2/c1-20-17-9-3-12-10-15(4-2-13(12)11-17)18-14-5-7-16(19)8-6-14/h2-11,18-19H,1H3. The summed E-state index contributed by atoms with van der Waals surface area (Å²) < 4.78 is 5.22. The highest BCUT2D eigenvalue weighted by Crippen LogP contribution is 2.26. The molecule has 100 valence electrons. The summed E-state index contributed by atoms with van der Waals surface area (Å²) in [6.45, 7) is 0. The third-order valence-electron chi connectivity index (χ3n) is 3.20. The first-order valence-electron chi connectivity index (χ1n) is 6.38. The third kappa shape index (κ3) is 2.52. The van der Waals surface area contributed by atoms with Crippen LogP contribution in [0.3, 0.4) is 0 Å². The summed E-state index contributed by atoms with van der Waals surface area (Å²) in [5.74, 6) is 1.12. The van der Waals surface area contributed by atoms with E-state index < -0.39 is 0 Å². The Labute approximate surface area is 117 Å². The van der Waals surface area contributed by atoms with Crippen molar-refractivity contribution in [3.63, 3.8) is 0 Å². The summed E-state index contributed by atoms with van der Waals surface area (Å²) in [5, 5.41) is 14.9. The molecule has 3 nitrogen and oxygen atoms in total. The Morgan fingerprint density at radius 1 is 0.800 bits per heavy atom. The van der Waals surface area contributed by atoms with Crippen LogP contribution in [0.4, 0.5) is 11.4 Å². The van der Waals surface area contributed by atoms with Gasteiger partial charge in [-0.3, -0.25) is 0 Å². The van der Waals surface area contributed by atoms with E-state index in [1.807, 2.05) is 36.4 Å². The van der Waals surface area contributed by atoms with Gasteiger partial charge in [-0.2, -0.15) is 0 Å². The zero-order valence-corrected chi connectivity index (χ0v) is 11.1. The van der Waals surface area contributed by atoms with E-state index in [2.05, 4.69) is 17.4 Å². The second-order valence-corrected chi connectivity index (χ2v) is 4.60. The second kappa shape index (κ2) is 5.13. The van der Waals surface area contributed by atoms with Crippen molar-refractivity contribution in [1.29, 1.82) is 0 Å². The molecule has 0 unspecified atom stereocenters. The molecule has 0 aliphatic heterocycles. The largest absolute Gasteiger partial charge is 0.508 e. The predicted octanol–water partition coefficient (Wildman–Crippen LogP) is 4.30. The van der Waals surface area contributed by atoms with E-state index in [0.717, 1.165) is 27.9 Å². The molecule has 0 spiro atoms. The van der Waals surface area contributed by atoms with Gasteiger partial charge in [-0.25, -0.2) is 0 Å². The molecule has 0 atom stereocenters. The van der Waals surface area contributed by atoms with Crippen molar-refractivity contribution in [3.05, 3.63) is 60.7 Å². The summed E-state index contributed by atoms with van der Waals surface area (Å²) in [5.41, 5.74) is 1.95. The van der Waals surface area contributed by atoms with Crippen LogP contribution in [0, 0.1) is 0 Å². The average Bonchev–Trinajstić information content (AvgIpc) is 2.49. The molecule has 0 amide bonds. The van der Waals surface area contributed by atoms with Gasteiger partial charge in [0.05, 0.1) is 7.11 Å². The molecule has 3 aromatic carbocycles. The SMILES string of the molecule is COc1ccc2cc(Nc3ccc(O)cc3)ccc2c1. The number of hydrogen-bond acceptors (Lipinski definition) is 3. The third-order valence-corrected chi connectivity index (χ3v) is 3.20. The van der Waals surface area contributed by atoms with Crippen molar-refractivity contribution < 1.29 is 9.84 Å². The van der Waals surface area contributed by atoms with Crippen LogP contribution < -0.4 is 10.1 Å². The fraction of sp³-hybridized carbons (Fsp3) is 0.0588. The lowest BCUT2D eigenvalue weighted by Crippen LogP contribution is -1.90. The number of rotatable bonds is 3. The Balaban J connectivity index is 1.90. The highest BCUT2D eigenvalue weighted by molar-refractivity contribution is 5.87. The first-order valence-corrected chi connectivity index (χ1v) is 6.38. The number of benzene rings is 3. The first kappa shape index (κ1) is 12.4. The zero-order valence-electron chi connectivity index (χ0n) is 11.1. The molecule has 3 rings (SSSR count). The molecule has 2 N–H and O–H groups in total. The average molecular weight is 265 g/mol. The zero-order chi connectivity index (χ0) is 13.9. The number of phenols is 1. The summed E-state index contributed by atoms with van der Waals surface area (Å²) in [7, 11) is 1.67. The van der Waals surface area contributed by atoms with E-state index in [0.29, 0.717) is 0 Å². The molecule has 0 aliphatic carbocycles. The highest BCUT2D eigenvalue weighted by Gasteiger charge is 2.00. The smallest absolute Gasteiger partial charge is 0.119 e. The minimum Gasteiger partial charge on any atom is -0.508 e. The number of phenolic OH excluding ortho intramolecular Hbond substituents is 1. The molecule has 0 radical (unpaired) electrons. The highest BCUT2D eigenvalue weighted by atomic mass is 16.5. The summed E-state index contributed by atoms with van der Waals surface area (Å²) >= 11 is 0. The number of methoxy groups -OCH3 is 1. The number of nitrogens with one attached hydrogen (secondary N) is 1. The van der Waals surface area contributed by atoms with Crippen LogP contribution in [0.15, 0.2) is 60.7 Å². The molecule has 0 saturated carbocycles. The molecule has 3 aromatic rings. The van der Waals surface area contributed by atoms with E-state index in [1.165, 1.54) is 0 Å². The predicted molar refractivity (Wildman–Crippen MR) is 81.9 cm³/mol. The molecule has 0 fully saturated rings. The topological polar surface area (TPSA) is 41.5 Å². The molecule has 0 aromatic heterocycles. The fourth-order valence-electron chi connectivity index (χ4n) is 2.14. The Bertz CT molecular complexity index is 736.